The van der Waals surface area contributed by atoms with Crippen molar-refractivity contribution in [2.75, 3.05) is 18.8 Å². The minimum Gasteiger partial charge on any atom is -0.488 e. The predicted molar refractivity (Wildman–Crippen MR) is 128 cm³/mol. The first-order valence-electron chi connectivity index (χ1n) is 10.4. The maximum atomic E-state index is 12.0. The quantitative estimate of drug-likeness (QED) is 0.559. The molecule has 1 N–H and O–H groups in total. The molecule has 2 fully saturated rings. The number of amides is 2. The third-order valence-corrected chi connectivity index (χ3v) is 7.74. The highest BCUT2D eigenvalue weighted by molar-refractivity contribution is 8.14. The number of benzene rings is 1. The van der Waals surface area contributed by atoms with Crippen molar-refractivity contribution in [2.45, 2.75) is 32.4 Å². The highest BCUT2D eigenvalue weighted by Gasteiger charge is 2.30. The Kier molecular flexibility index (Phi) is 6.07. The van der Waals surface area contributed by atoms with E-state index in [1.54, 1.807) is 0 Å². The number of carbonyl (C=O) groups excluding carboxylic acids is 2. The van der Waals surface area contributed by atoms with Gasteiger partial charge in [-0.15, -0.1) is 11.3 Å². The van der Waals surface area contributed by atoms with E-state index in [4.69, 9.17) is 16.3 Å². The van der Waals surface area contributed by atoms with Crippen LogP contribution in [-0.4, -0.2) is 51.0 Å². The molecule has 0 spiro atoms. The molecule has 32 heavy (non-hydrogen) atoms. The SMILES string of the molecule is Cc1cc(Cl)cc(-c2ncnc3cc(CN4C(=O)CSC4=O)sc23)c1O[C@H]1CCCNC1. The van der Waals surface area contributed by atoms with Gasteiger partial charge in [-0.2, -0.15) is 0 Å². The number of carbonyl (C=O) groups is 2. The average molecular weight is 489 g/mol. The van der Waals surface area contributed by atoms with Crippen LogP contribution in [0.5, 0.6) is 5.75 Å². The summed E-state index contributed by atoms with van der Waals surface area (Å²) in [5, 5.41) is 3.79. The van der Waals surface area contributed by atoms with E-state index >= 15 is 0 Å². The van der Waals surface area contributed by atoms with Crippen molar-refractivity contribution in [2.24, 2.45) is 0 Å². The van der Waals surface area contributed by atoms with E-state index in [0.717, 1.165) is 75.4 Å². The van der Waals surface area contributed by atoms with Crippen molar-refractivity contribution < 1.29 is 14.3 Å². The van der Waals surface area contributed by atoms with E-state index in [9.17, 15) is 9.59 Å². The number of hydrogen-bond acceptors (Lipinski definition) is 8. The van der Waals surface area contributed by atoms with Gasteiger partial charge in [0.15, 0.2) is 0 Å². The molecular weight excluding hydrogens is 468 g/mol. The first kappa shape index (κ1) is 21.6. The van der Waals surface area contributed by atoms with Gasteiger partial charge < -0.3 is 10.1 Å². The number of hydrogen-bond donors (Lipinski definition) is 1. The van der Waals surface area contributed by atoms with Crippen LogP contribution in [0.4, 0.5) is 4.79 Å². The fourth-order valence-corrected chi connectivity index (χ4v) is 6.11. The van der Waals surface area contributed by atoms with Crippen LogP contribution in [0.25, 0.3) is 21.5 Å². The molecule has 2 aliphatic rings. The smallest absolute Gasteiger partial charge is 0.289 e. The van der Waals surface area contributed by atoms with Crippen molar-refractivity contribution in [3.8, 4) is 17.0 Å². The molecule has 0 saturated carbocycles. The Morgan fingerprint density at radius 2 is 2.16 bits per heavy atom. The van der Waals surface area contributed by atoms with Crippen molar-refractivity contribution in [3.05, 3.63) is 40.0 Å². The van der Waals surface area contributed by atoms with E-state index in [-0.39, 0.29) is 29.5 Å². The van der Waals surface area contributed by atoms with Crippen LogP contribution >= 0.6 is 34.7 Å². The van der Waals surface area contributed by atoms with Gasteiger partial charge in [-0.3, -0.25) is 14.5 Å². The summed E-state index contributed by atoms with van der Waals surface area (Å²) in [6.07, 6.45) is 3.68. The lowest BCUT2D eigenvalue weighted by atomic mass is 10.0. The minimum absolute atomic E-state index is 0.0864. The monoisotopic (exact) mass is 488 g/mol. The number of nitrogens with one attached hydrogen (secondary N) is 1. The fraction of sp³-hybridized carbons (Fsp3) is 0.364. The lowest BCUT2D eigenvalue weighted by Crippen LogP contribution is -2.37. The Labute approximate surface area is 198 Å². The number of imide groups is 1. The van der Waals surface area contributed by atoms with Gasteiger partial charge in [-0.25, -0.2) is 9.97 Å². The number of piperidine rings is 1. The average Bonchev–Trinajstić information content (AvgIpc) is 3.34. The Bertz CT molecular complexity index is 1190. The Balaban J connectivity index is 1.55. The standard InChI is InChI=1S/C22H21ClN4O3S2/c1-12-5-13(23)6-16(20(12)30-14-3-2-4-24-8-14)19-21-17(25-11-26-19)7-15(32-21)9-27-18(28)10-31-22(27)29/h5-7,11,14,24H,2-4,8-10H2,1H3/t14-/m0/s1. The molecule has 3 aromatic rings. The maximum absolute atomic E-state index is 12.0. The van der Waals surface area contributed by atoms with E-state index in [2.05, 4.69) is 15.3 Å². The van der Waals surface area contributed by atoms with Crippen LogP contribution in [-0.2, 0) is 11.3 Å². The summed E-state index contributed by atoms with van der Waals surface area (Å²) in [6, 6.07) is 5.69. The zero-order valence-corrected chi connectivity index (χ0v) is 19.8. The third kappa shape index (κ3) is 4.22. The number of nitrogens with zero attached hydrogens (tertiary/aromatic N) is 3. The number of thioether (sulfide) groups is 1. The second kappa shape index (κ2) is 8.97. The first-order valence-corrected chi connectivity index (χ1v) is 12.6. The summed E-state index contributed by atoms with van der Waals surface area (Å²) in [5.41, 5.74) is 3.28. The molecule has 2 aromatic heterocycles. The highest BCUT2D eigenvalue weighted by Crippen LogP contribution is 2.41. The molecule has 4 heterocycles. The van der Waals surface area contributed by atoms with E-state index in [0.29, 0.717) is 5.02 Å². The Morgan fingerprint density at radius 3 is 2.91 bits per heavy atom. The maximum Gasteiger partial charge on any atom is 0.289 e. The summed E-state index contributed by atoms with van der Waals surface area (Å²) in [7, 11) is 0. The number of ether oxygens (including phenoxy) is 1. The van der Waals surface area contributed by atoms with Gasteiger partial charge in [0.25, 0.3) is 5.24 Å². The number of halogens is 1. The molecule has 1 aromatic carbocycles. The molecule has 1 atom stereocenters. The van der Waals surface area contributed by atoms with Crippen molar-refractivity contribution in [1.82, 2.24) is 20.2 Å². The summed E-state index contributed by atoms with van der Waals surface area (Å²) < 4.78 is 7.32. The highest BCUT2D eigenvalue weighted by atomic mass is 35.5. The topological polar surface area (TPSA) is 84.4 Å². The normalized spacial score (nSPS) is 19.2. The second-order valence-corrected chi connectivity index (χ2v) is 10.4. The minimum atomic E-state index is -0.207. The number of rotatable bonds is 5. The zero-order chi connectivity index (χ0) is 22.2. The first-order chi connectivity index (χ1) is 15.5. The summed E-state index contributed by atoms with van der Waals surface area (Å²) in [5.74, 6) is 0.818. The van der Waals surface area contributed by atoms with Gasteiger partial charge in [-0.05, 0) is 50.1 Å². The largest absolute Gasteiger partial charge is 0.488 e. The molecule has 2 amide bonds. The Hall–Kier alpha value is -2.20. The van der Waals surface area contributed by atoms with Crippen LogP contribution in [0.15, 0.2) is 24.5 Å². The molecule has 166 valence electrons. The lowest BCUT2D eigenvalue weighted by Gasteiger charge is -2.26. The van der Waals surface area contributed by atoms with Crippen LogP contribution in [0.2, 0.25) is 5.02 Å². The molecule has 0 aliphatic carbocycles. The van der Waals surface area contributed by atoms with Gasteiger partial charge in [0.2, 0.25) is 5.91 Å². The van der Waals surface area contributed by atoms with E-state index < -0.39 is 0 Å². The van der Waals surface area contributed by atoms with Crippen LogP contribution in [0.3, 0.4) is 0 Å². The summed E-state index contributed by atoms with van der Waals surface area (Å²) in [6.45, 7) is 4.05. The molecule has 0 bridgehead atoms. The molecule has 2 aliphatic heterocycles. The van der Waals surface area contributed by atoms with E-state index in [1.807, 2.05) is 25.1 Å². The number of aromatic nitrogens is 2. The van der Waals surface area contributed by atoms with Gasteiger partial charge >= 0.3 is 0 Å². The molecule has 0 unspecified atom stereocenters. The molecule has 2 saturated heterocycles. The van der Waals surface area contributed by atoms with Gasteiger partial charge in [0.05, 0.1) is 28.2 Å². The Morgan fingerprint density at radius 1 is 1.28 bits per heavy atom. The molecule has 5 rings (SSSR count). The molecule has 7 nitrogen and oxygen atoms in total. The molecular formula is C22H21ClN4O3S2. The van der Waals surface area contributed by atoms with Crippen molar-refractivity contribution in [1.29, 1.82) is 0 Å². The van der Waals surface area contributed by atoms with Crippen LogP contribution < -0.4 is 10.1 Å². The van der Waals surface area contributed by atoms with Crippen LogP contribution in [0.1, 0.15) is 23.3 Å². The van der Waals surface area contributed by atoms with E-state index in [1.165, 1.54) is 22.6 Å². The third-order valence-electron chi connectivity index (χ3n) is 5.55. The van der Waals surface area contributed by atoms with Crippen molar-refractivity contribution in [3.63, 3.8) is 0 Å². The van der Waals surface area contributed by atoms with Crippen molar-refractivity contribution >= 4 is 56.1 Å². The second-order valence-electron chi connectivity index (χ2n) is 7.87. The summed E-state index contributed by atoms with van der Waals surface area (Å²) in [4.78, 5) is 35.2. The predicted octanol–water partition coefficient (Wildman–Crippen LogP) is 4.65. The summed E-state index contributed by atoms with van der Waals surface area (Å²) >= 11 is 8.95. The zero-order valence-electron chi connectivity index (χ0n) is 17.4. The molecule has 0 radical (unpaired) electrons. The van der Waals surface area contributed by atoms with Gasteiger partial charge in [-0.1, -0.05) is 23.4 Å². The molecule has 10 heteroatoms. The number of aryl methyl sites for hydroxylation is 1. The lowest BCUT2D eigenvalue weighted by molar-refractivity contribution is -0.124. The van der Waals surface area contributed by atoms with Crippen LogP contribution in [0, 0.1) is 6.92 Å². The number of fused-ring (bicyclic) bond motifs is 1. The number of thiophene rings is 1. The van der Waals surface area contributed by atoms with Gasteiger partial charge in [0, 0.05) is 22.0 Å². The fourth-order valence-electron chi connectivity index (χ4n) is 4.01. The van der Waals surface area contributed by atoms with Gasteiger partial charge in [0.1, 0.15) is 18.2 Å².